The van der Waals surface area contributed by atoms with Gasteiger partial charge in [-0.1, -0.05) is 18.2 Å². The summed E-state index contributed by atoms with van der Waals surface area (Å²) in [6.07, 6.45) is 6.60. The average Bonchev–Trinajstić information content (AvgIpc) is 2.28. The van der Waals surface area contributed by atoms with Gasteiger partial charge in [0.25, 0.3) is 0 Å². The first kappa shape index (κ1) is 9.70. The summed E-state index contributed by atoms with van der Waals surface area (Å²) in [4.78, 5) is 4.22. The highest BCUT2D eigenvalue weighted by molar-refractivity contribution is 5.82. The fraction of sp³-hybridized carbons (Fsp3) is 0.154. The lowest BCUT2D eigenvalue weighted by molar-refractivity contribution is 0.185. The first-order chi connectivity index (χ1) is 7.33. The number of hydrogen-bond donors (Lipinski definition) is 1. The highest BCUT2D eigenvalue weighted by Gasteiger charge is 2.09. The number of terminal acetylenes is 1. The van der Waals surface area contributed by atoms with Gasteiger partial charge in [-0.15, -0.1) is 12.3 Å². The number of nitrogens with zero attached hydrogens (tertiary/aromatic N) is 1. The zero-order valence-corrected chi connectivity index (χ0v) is 8.22. The van der Waals surface area contributed by atoms with Gasteiger partial charge in [0.1, 0.15) is 0 Å². The molecule has 2 aromatic rings. The molecular weight excluding hydrogens is 186 g/mol. The van der Waals surface area contributed by atoms with E-state index in [2.05, 4.69) is 10.9 Å². The monoisotopic (exact) mass is 197 g/mol. The van der Waals surface area contributed by atoms with Crippen LogP contribution in [0, 0.1) is 12.3 Å². The largest absolute Gasteiger partial charge is 0.387 e. The van der Waals surface area contributed by atoms with E-state index in [4.69, 9.17) is 6.42 Å². The second kappa shape index (κ2) is 4.12. The number of benzene rings is 1. The number of aliphatic hydroxyl groups excluding tert-OH is 1. The van der Waals surface area contributed by atoms with E-state index in [0.717, 1.165) is 16.5 Å². The van der Waals surface area contributed by atoms with Gasteiger partial charge >= 0.3 is 0 Å². The van der Waals surface area contributed by atoms with Crippen molar-refractivity contribution in [3.8, 4) is 12.3 Å². The second-order valence-corrected chi connectivity index (χ2v) is 3.34. The quantitative estimate of drug-likeness (QED) is 0.749. The standard InChI is InChI=1S/C13H11NO/c1-2-5-13(15)11-8-9-14-12-7-4-3-6-10(11)12/h1,3-4,6-9,13,15H,5H2. The van der Waals surface area contributed by atoms with Gasteiger partial charge < -0.3 is 5.11 Å². The van der Waals surface area contributed by atoms with Gasteiger partial charge in [-0.3, -0.25) is 4.98 Å². The van der Waals surface area contributed by atoms with Crippen LogP contribution in [0.15, 0.2) is 36.5 Å². The van der Waals surface area contributed by atoms with Crippen molar-refractivity contribution in [1.82, 2.24) is 4.98 Å². The number of aliphatic hydroxyl groups is 1. The molecule has 1 heterocycles. The van der Waals surface area contributed by atoms with E-state index >= 15 is 0 Å². The first-order valence-electron chi connectivity index (χ1n) is 4.78. The summed E-state index contributed by atoms with van der Waals surface area (Å²) in [5.41, 5.74) is 1.73. The molecule has 1 unspecified atom stereocenters. The Bertz CT molecular complexity index is 508. The highest BCUT2D eigenvalue weighted by Crippen LogP contribution is 2.24. The van der Waals surface area contributed by atoms with Crippen LogP contribution >= 0.6 is 0 Å². The van der Waals surface area contributed by atoms with Gasteiger partial charge in [0.15, 0.2) is 0 Å². The molecule has 1 aromatic carbocycles. The third-order valence-corrected chi connectivity index (χ3v) is 2.35. The molecule has 2 rings (SSSR count). The Morgan fingerprint density at radius 2 is 2.13 bits per heavy atom. The van der Waals surface area contributed by atoms with Crippen molar-refractivity contribution < 1.29 is 5.11 Å². The third kappa shape index (κ3) is 1.83. The Morgan fingerprint density at radius 1 is 1.33 bits per heavy atom. The van der Waals surface area contributed by atoms with Crippen molar-refractivity contribution in [2.45, 2.75) is 12.5 Å². The minimum absolute atomic E-state index is 0.327. The normalized spacial score (nSPS) is 12.3. The smallest absolute Gasteiger partial charge is 0.0906 e. The SMILES string of the molecule is C#CCC(O)c1ccnc2ccccc12. The van der Waals surface area contributed by atoms with E-state index in [9.17, 15) is 5.11 Å². The Kier molecular flexibility index (Phi) is 2.66. The predicted molar refractivity (Wildman–Crippen MR) is 60.2 cm³/mol. The van der Waals surface area contributed by atoms with Gasteiger partial charge in [0.05, 0.1) is 11.6 Å². The molecule has 0 aliphatic carbocycles. The molecule has 1 atom stereocenters. The van der Waals surface area contributed by atoms with Crippen LogP contribution in [-0.4, -0.2) is 10.1 Å². The van der Waals surface area contributed by atoms with Crippen molar-refractivity contribution in [3.63, 3.8) is 0 Å². The summed E-state index contributed by atoms with van der Waals surface area (Å²) in [6.45, 7) is 0. The lowest BCUT2D eigenvalue weighted by Gasteiger charge is -2.10. The van der Waals surface area contributed by atoms with E-state index in [1.807, 2.05) is 30.3 Å². The Hall–Kier alpha value is -1.85. The third-order valence-electron chi connectivity index (χ3n) is 2.35. The topological polar surface area (TPSA) is 33.1 Å². The summed E-state index contributed by atoms with van der Waals surface area (Å²) < 4.78 is 0. The molecule has 15 heavy (non-hydrogen) atoms. The molecule has 0 radical (unpaired) electrons. The number of fused-ring (bicyclic) bond motifs is 1. The van der Waals surface area contributed by atoms with Crippen molar-refractivity contribution in [2.75, 3.05) is 0 Å². The van der Waals surface area contributed by atoms with Crippen LogP contribution in [0.4, 0.5) is 0 Å². The molecule has 74 valence electrons. The number of aromatic nitrogens is 1. The average molecular weight is 197 g/mol. The van der Waals surface area contributed by atoms with Crippen molar-refractivity contribution >= 4 is 10.9 Å². The van der Waals surface area contributed by atoms with E-state index in [1.165, 1.54) is 0 Å². The minimum atomic E-state index is -0.608. The minimum Gasteiger partial charge on any atom is -0.387 e. The van der Waals surface area contributed by atoms with E-state index in [-0.39, 0.29) is 0 Å². The number of hydrogen-bond acceptors (Lipinski definition) is 2. The molecule has 0 spiro atoms. The fourth-order valence-corrected chi connectivity index (χ4v) is 1.63. The van der Waals surface area contributed by atoms with Gasteiger partial charge in [-0.25, -0.2) is 0 Å². The maximum atomic E-state index is 9.85. The van der Waals surface area contributed by atoms with E-state index in [1.54, 1.807) is 6.20 Å². The number of para-hydroxylation sites is 1. The van der Waals surface area contributed by atoms with Crippen LogP contribution in [0.25, 0.3) is 10.9 Å². The van der Waals surface area contributed by atoms with E-state index < -0.39 is 6.10 Å². The number of pyridine rings is 1. The molecular formula is C13H11NO. The molecule has 0 aliphatic heterocycles. The van der Waals surface area contributed by atoms with Crippen molar-refractivity contribution in [3.05, 3.63) is 42.1 Å². The zero-order chi connectivity index (χ0) is 10.7. The van der Waals surface area contributed by atoms with Crippen LogP contribution in [0.5, 0.6) is 0 Å². The summed E-state index contributed by atoms with van der Waals surface area (Å²) in [5, 5.41) is 10.8. The molecule has 2 heteroatoms. The lowest BCUT2D eigenvalue weighted by atomic mass is 10.0. The molecule has 0 aliphatic rings. The van der Waals surface area contributed by atoms with Crippen molar-refractivity contribution in [1.29, 1.82) is 0 Å². The Labute approximate surface area is 88.6 Å². The Morgan fingerprint density at radius 3 is 2.93 bits per heavy atom. The molecule has 0 saturated carbocycles. The maximum absolute atomic E-state index is 9.85. The summed E-state index contributed by atoms with van der Waals surface area (Å²) in [6, 6.07) is 9.52. The molecule has 0 fully saturated rings. The molecule has 0 amide bonds. The zero-order valence-electron chi connectivity index (χ0n) is 8.22. The van der Waals surface area contributed by atoms with Crippen molar-refractivity contribution in [2.24, 2.45) is 0 Å². The second-order valence-electron chi connectivity index (χ2n) is 3.34. The summed E-state index contributed by atoms with van der Waals surface area (Å²) in [7, 11) is 0. The number of rotatable bonds is 2. The summed E-state index contributed by atoms with van der Waals surface area (Å²) in [5.74, 6) is 2.46. The first-order valence-corrected chi connectivity index (χ1v) is 4.78. The van der Waals surface area contributed by atoms with Gasteiger partial charge in [-0.2, -0.15) is 0 Å². The van der Waals surface area contributed by atoms with E-state index in [0.29, 0.717) is 6.42 Å². The van der Waals surface area contributed by atoms with Gasteiger partial charge in [0.2, 0.25) is 0 Å². The molecule has 2 nitrogen and oxygen atoms in total. The van der Waals surface area contributed by atoms with Gasteiger partial charge in [-0.05, 0) is 17.7 Å². The van der Waals surface area contributed by atoms with Crippen LogP contribution in [0.1, 0.15) is 18.1 Å². The highest BCUT2D eigenvalue weighted by atomic mass is 16.3. The maximum Gasteiger partial charge on any atom is 0.0906 e. The van der Waals surface area contributed by atoms with Crippen LogP contribution in [0.2, 0.25) is 0 Å². The summed E-state index contributed by atoms with van der Waals surface area (Å²) >= 11 is 0. The molecule has 1 N–H and O–H groups in total. The molecule has 0 bridgehead atoms. The Balaban J connectivity index is 2.56. The molecule has 0 saturated heterocycles. The van der Waals surface area contributed by atoms with Crippen LogP contribution in [0.3, 0.4) is 0 Å². The fourth-order valence-electron chi connectivity index (χ4n) is 1.63. The predicted octanol–water partition coefficient (Wildman–Crippen LogP) is 2.29. The van der Waals surface area contributed by atoms with Gasteiger partial charge in [0, 0.05) is 18.0 Å². The van der Waals surface area contributed by atoms with Crippen LogP contribution < -0.4 is 0 Å². The molecule has 1 aromatic heterocycles. The lowest BCUT2D eigenvalue weighted by Crippen LogP contribution is -1.97. The van der Waals surface area contributed by atoms with Crippen LogP contribution in [-0.2, 0) is 0 Å².